The number of nitrogens with zero attached hydrogens (tertiary/aromatic N) is 1. The van der Waals surface area contributed by atoms with Crippen LogP contribution in [0, 0.1) is 11.3 Å². The van der Waals surface area contributed by atoms with Crippen molar-refractivity contribution >= 4 is 11.6 Å². The van der Waals surface area contributed by atoms with Crippen LogP contribution in [0.15, 0.2) is 42.5 Å². The van der Waals surface area contributed by atoms with E-state index in [2.05, 4.69) is 19.9 Å². The lowest BCUT2D eigenvalue weighted by atomic mass is 10.0. The summed E-state index contributed by atoms with van der Waals surface area (Å²) < 4.78 is 5.87. The number of rotatable bonds is 3. The third-order valence-corrected chi connectivity index (χ3v) is 3.06. The molecule has 0 aliphatic rings. The highest BCUT2D eigenvalue weighted by molar-refractivity contribution is 6.30. The molecule has 0 atom stereocenters. The van der Waals surface area contributed by atoms with Crippen LogP contribution in [0.1, 0.15) is 30.9 Å². The van der Waals surface area contributed by atoms with Crippen LogP contribution in [-0.4, -0.2) is 0 Å². The molecule has 0 heterocycles. The van der Waals surface area contributed by atoms with Crippen molar-refractivity contribution < 1.29 is 4.74 Å². The van der Waals surface area contributed by atoms with Crippen molar-refractivity contribution in [3.63, 3.8) is 0 Å². The van der Waals surface area contributed by atoms with Crippen LogP contribution in [0.3, 0.4) is 0 Å². The molecular weight excluding hydrogens is 258 g/mol. The molecule has 0 saturated heterocycles. The van der Waals surface area contributed by atoms with Gasteiger partial charge in [0.05, 0.1) is 5.56 Å². The lowest BCUT2D eigenvalue weighted by molar-refractivity contribution is 0.471. The van der Waals surface area contributed by atoms with Gasteiger partial charge < -0.3 is 4.74 Å². The molecular formula is C16H14ClNO. The number of hydrogen-bond acceptors (Lipinski definition) is 2. The molecule has 0 aromatic heterocycles. The topological polar surface area (TPSA) is 33.0 Å². The van der Waals surface area contributed by atoms with Crippen LogP contribution < -0.4 is 4.74 Å². The van der Waals surface area contributed by atoms with Crippen molar-refractivity contribution in [1.82, 2.24) is 0 Å². The Bertz CT molecular complexity index is 629. The van der Waals surface area contributed by atoms with E-state index in [1.807, 2.05) is 24.3 Å². The minimum Gasteiger partial charge on any atom is -0.456 e. The molecule has 0 spiro atoms. The molecule has 2 rings (SSSR count). The summed E-state index contributed by atoms with van der Waals surface area (Å²) in [4.78, 5) is 0. The summed E-state index contributed by atoms with van der Waals surface area (Å²) in [5.41, 5.74) is 1.55. The number of ether oxygens (including phenoxy) is 1. The van der Waals surface area contributed by atoms with Gasteiger partial charge in [0.25, 0.3) is 0 Å². The largest absolute Gasteiger partial charge is 0.456 e. The third kappa shape index (κ3) is 3.07. The fourth-order valence-corrected chi connectivity index (χ4v) is 2.02. The van der Waals surface area contributed by atoms with E-state index in [0.717, 1.165) is 11.3 Å². The molecule has 2 aromatic carbocycles. The Morgan fingerprint density at radius 2 is 1.84 bits per heavy atom. The Labute approximate surface area is 118 Å². The van der Waals surface area contributed by atoms with Crippen LogP contribution in [-0.2, 0) is 0 Å². The van der Waals surface area contributed by atoms with Gasteiger partial charge in [-0.25, -0.2) is 0 Å². The summed E-state index contributed by atoms with van der Waals surface area (Å²) in [7, 11) is 0. The second-order valence-electron chi connectivity index (χ2n) is 4.55. The van der Waals surface area contributed by atoms with Gasteiger partial charge in [-0.1, -0.05) is 43.6 Å². The molecule has 19 heavy (non-hydrogen) atoms. The smallest absolute Gasteiger partial charge is 0.145 e. The van der Waals surface area contributed by atoms with E-state index in [4.69, 9.17) is 21.6 Å². The second kappa shape index (κ2) is 5.77. The van der Waals surface area contributed by atoms with E-state index in [1.165, 1.54) is 0 Å². The van der Waals surface area contributed by atoms with Crippen LogP contribution in [0.5, 0.6) is 11.5 Å². The van der Waals surface area contributed by atoms with E-state index >= 15 is 0 Å². The van der Waals surface area contributed by atoms with Gasteiger partial charge in [-0.3, -0.25) is 0 Å². The third-order valence-electron chi connectivity index (χ3n) is 2.82. The van der Waals surface area contributed by atoms with Gasteiger partial charge in [-0.2, -0.15) is 5.26 Å². The Morgan fingerprint density at radius 3 is 2.53 bits per heavy atom. The molecule has 0 radical (unpaired) electrons. The van der Waals surface area contributed by atoms with Crippen LogP contribution >= 0.6 is 11.6 Å². The van der Waals surface area contributed by atoms with E-state index in [-0.39, 0.29) is 0 Å². The van der Waals surface area contributed by atoms with Crippen molar-refractivity contribution in [3.8, 4) is 17.6 Å². The lowest BCUT2D eigenvalue weighted by Crippen LogP contribution is -1.95. The normalized spacial score (nSPS) is 10.3. The highest BCUT2D eigenvalue weighted by Crippen LogP contribution is 2.32. The Kier molecular flexibility index (Phi) is 4.09. The molecule has 0 amide bonds. The maximum Gasteiger partial charge on any atom is 0.145 e. The first-order chi connectivity index (χ1) is 9.11. The summed E-state index contributed by atoms with van der Waals surface area (Å²) in [6, 6.07) is 15.0. The SMILES string of the molecule is CC(C)c1ccccc1Oc1ccc(Cl)cc1C#N. The van der Waals surface area contributed by atoms with Crippen molar-refractivity contribution in [2.45, 2.75) is 19.8 Å². The van der Waals surface area contributed by atoms with Crippen molar-refractivity contribution in [2.24, 2.45) is 0 Å². The maximum absolute atomic E-state index is 9.11. The first-order valence-corrected chi connectivity index (χ1v) is 6.46. The molecule has 2 nitrogen and oxygen atoms in total. The minimum atomic E-state index is 0.356. The molecule has 0 unspecified atom stereocenters. The molecule has 96 valence electrons. The molecule has 3 heteroatoms. The quantitative estimate of drug-likeness (QED) is 0.775. The predicted octanol–water partition coefficient (Wildman–Crippen LogP) is 5.13. The highest BCUT2D eigenvalue weighted by Gasteiger charge is 2.10. The van der Waals surface area contributed by atoms with E-state index < -0.39 is 0 Å². The Balaban J connectivity index is 2.40. The fraction of sp³-hybridized carbons (Fsp3) is 0.188. The summed E-state index contributed by atoms with van der Waals surface area (Å²) in [5.74, 6) is 1.66. The molecule has 0 aliphatic heterocycles. The Morgan fingerprint density at radius 1 is 1.11 bits per heavy atom. The molecule has 2 aromatic rings. The number of para-hydroxylation sites is 1. The highest BCUT2D eigenvalue weighted by atomic mass is 35.5. The average Bonchev–Trinajstić information content (AvgIpc) is 2.41. The number of nitriles is 1. The molecule has 0 N–H and O–H groups in total. The number of benzene rings is 2. The van der Waals surface area contributed by atoms with E-state index in [1.54, 1.807) is 18.2 Å². The summed E-state index contributed by atoms with van der Waals surface area (Å²) in [5, 5.41) is 9.64. The first-order valence-electron chi connectivity index (χ1n) is 6.08. The van der Waals surface area contributed by atoms with E-state index in [9.17, 15) is 0 Å². The molecule has 0 aliphatic carbocycles. The van der Waals surface area contributed by atoms with Gasteiger partial charge in [-0.15, -0.1) is 0 Å². The standard InChI is InChI=1S/C16H14ClNO/c1-11(2)14-5-3-4-6-16(14)19-15-8-7-13(17)9-12(15)10-18/h3-9,11H,1-2H3. The van der Waals surface area contributed by atoms with Gasteiger partial charge in [-0.05, 0) is 35.7 Å². The zero-order chi connectivity index (χ0) is 13.8. The second-order valence-corrected chi connectivity index (χ2v) is 4.98. The predicted molar refractivity (Wildman–Crippen MR) is 76.8 cm³/mol. The zero-order valence-electron chi connectivity index (χ0n) is 10.9. The monoisotopic (exact) mass is 271 g/mol. The number of hydrogen-bond donors (Lipinski definition) is 0. The maximum atomic E-state index is 9.11. The fourth-order valence-electron chi connectivity index (χ4n) is 1.85. The van der Waals surface area contributed by atoms with Crippen molar-refractivity contribution in [3.05, 3.63) is 58.6 Å². The van der Waals surface area contributed by atoms with Crippen LogP contribution in [0.4, 0.5) is 0 Å². The number of halogens is 1. The van der Waals surface area contributed by atoms with Gasteiger partial charge in [0.2, 0.25) is 0 Å². The summed E-state index contributed by atoms with van der Waals surface area (Å²) >= 11 is 5.87. The summed E-state index contributed by atoms with van der Waals surface area (Å²) in [6.45, 7) is 4.21. The first kappa shape index (κ1) is 13.5. The van der Waals surface area contributed by atoms with Crippen LogP contribution in [0.2, 0.25) is 5.02 Å². The van der Waals surface area contributed by atoms with Crippen LogP contribution in [0.25, 0.3) is 0 Å². The van der Waals surface area contributed by atoms with Crippen molar-refractivity contribution in [1.29, 1.82) is 5.26 Å². The van der Waals surface area contributed by atoms with Gasteiger partial charge in [0, 0.05) is 5.02 Å². The van der Waals surface area contributed by atoms with Crippen molar-refractivity contribution in [2.75, 3.05) is 0 Å². The van der Waals surface area contributed by atoms with E-state index in [0.29, 0.717) is 22.3 Å². The lowest BCUT2D eigenvalue weighted by Gasteiger charge is -2.14. The summed E-state index contributed by atoms with van der Waals surface area (Å²) in [6.07, 6.45) is 0. The van der Waals surface area contributed by atoms with Gasteiger partial charge in [0.1, 0.15) is 17.6 Å². The molecule has 0 saturated carbocycles. The zero-order valence-corrected chi connectivity index (χ0v) is 11.6. The Hall–Kier alpha value is -1.98. The molecule has 0 fully saturated rings. The average molecular weight is 272 g/mol. The van der Waals surface area contributed by atoms with Gasteiger partial charge >= 0.3 is 0 Å². The minimum absolute atomic E-state index is 0.356. The van der Waals surface area contributed by atoms with Gasteiger partial charge in [0.15, 0.2) is 0 Å². The molecule has 0 bridgehead atoms.